The summed E-state index contributed by atoms with van der Waals surface area (Å²) in [4.78, 5) is 2.78. The Morgan fingerprint density at radius 3 is 2.62 bits per heavy atom. The van der Waals surface area contributed by atoms with Crippen LogP contribution in [-0.2, 0) is 0 Å². The molecule has 1 aliphatic heterocycles. The Morgan fingerprint density at radius 1 is 1.12 bits per heavy atom. The Kier molecular flexibility index (Phi) is 2.78. The summed E-state index contributed by atoms with van der Waals surface area (Å²) in [5.41, 5.74) is 0. The van der Waals surface area contributed by atoms with Crippen molar-refractivity contribution in [3.05, 3.63) is 0 Å². The number of nitrogens with zero attached hydrogens (tertiary/aromatic N) is 1. The highest BCUT2D eigenvalue weighted by atomic mass is 15.2. The van der Waals surface area contributed by atoms with Gasteiger partial charge in [0.1, 0.15) is 0 Å². The van der Waals surface area contributed by atoms with Crippen LogP contribution in [0, 0.1) is 23.7 Å². The summed E-state index contributed by atoms with van der Waals surface area (Å²) in [6, 6.07) is 1.84. The summed E-state index contributed by atoms with van der Waals surface area (Å²) < 4.78 is 0. The smallest absolute Gasteiger partial charge is 0.0129 e. The lowest BCUT2D eigenvalue weighted by Crippen LogP contribution is -2.53. The van der Waals surface area contributed by atoms with E-state index in [9.17, 15) is 0 Å². The van der Waals surface area contributed by atoms with Crippen LogP contribution in [0.5, 0.6) is 0 Å². The number of rotatable bonds is 2. The average molecular weight is 221 g/mol. The standard InChI is InChI=1S/C15H27N/c1-4-11-14-9-10-7-6-8-12(15(10)11)13(5-2)16(14)3/h10-15H,4-9H2,1-3H3. The first kappa shape index (κ1) is 11.1. The fourth-order valence-corrected chi connectivity index (χ4v) is 5.63. The Hall–Kier alpha value is -0.0400. The lowest BCUT2D eigenvalue weighted by molar-refractivity contribution is -0.0153. The maximum Gasteiger partial charge on any atom is 0.0129 e. The van der Waals surface area contributed by atoms with Crippen LogP contribution in [0.2, 0.25) is 0 Å². The third kappa shape index (κ3) is 1.33. The molecule has 0 aromatic rings. The van der Waals surface area contributed by atoms with Crippen molar-refractivity contribution in [3.8, 4) is 0 Å². The van der Waals surface area contributed by atoms with Crippen LogP contribution in [0.4, 0.5) is 0 Å². The molecule has 3 fully saturated rings. The number of likely N-dealkylation sites (tertiary alicyclic amines) is 1. The van der Waals surface area contributed by atoms with Crippen LogP contribution in [0.25, 0.3) is 0 Å². The van der Waals surface area contributed by atoms with E-state index < -0.39 is 0 Å². The normalized spacial score (nSPS) is 51.9. The molecule has 3 rings (SSSR count). The van der Waals surface area contributed by atoms with Gasteiger partial charge in [0, 0.05) is 12.1 Å². The van der Waals surface area contributed by atoms with Gasteiger partial charge < -0.3 is 0 Å². The van der Waals surface area contributed by atoms with Crippen LogP contribution >= 0.6 is 0 Å². The van der Waals surface area contributed by atoms with Crippen molar-refractivity contribution < 1.29 is 0 Å². The van der Waals surface area contributed by atoms with Crippen molar-refractivity contribution >= 4 is 0 Å². The first-order chi connectivity index (χ1) is 7.77. The van der Waals surface area contributed by atoms with Gasteiger partial charge in [0.2, 0.25) is 0 Å². The maximum absolute atomic E-state index is 2.78. The van der Waals surface area contributed by atoms with E-state index in [4.69, 9.17) is 0 Å². The highest BCUT2D eigenvalue weighted by Gasteiger charge is 2.55. The van der Waals surface area contributed by atoms with Crippen LogP contribution in [0.15, 0.2) is 0 Å². The third-order valence-corrected chi connectivity index (χ3v) is 6.11. The maximum atomic E-state index is 2.78. The van der Waals surface area contributed by atoms with Gasteiger partial charge in [-0.25, -0.2) is 0 Å². The molecule has 0 N–H and O–H groups in total. The second-order valence-corrected chi connectivity index (χ2v) is 6.45. The predicted molar refractivity (Wildman–Crippen MR) is 68.3 cm³/mol. The number of piperidine rings is 1. The fourth-order valence-electron chi connectivity index (χ4n) is 5.63. The van der Waals surface area contributed by atoms with Crippen LogP contribution in [0.1, 0.15) is 52.4 Å². The average Bonchev–Trinajstić information content (AvgIpc) is 2.66. The molecule has 0 radical (unpaired) electrons. The number of hydrogen-bond donors (Lipinski definition) is 0. The van der Waals surface area contributed by atoms with E-state index in [1.165, 1.54) is 32.1 Å². The van der Waals surface area contributed by atoms with E-state index in [1.807, 2.05) is 0 Å². The van der Waals surface area contributed by atoms with E-state index in [2.05, 4.69) is 25.8 Å². The monoisotopic (exact) mass is 221 g/mol. The van der Waals surface area contributed by atoms with Gasteiger partial charge in [-0.15, -0.1) is 0 Å². The minimum absolute atomic E-state index is 0.906. The van der Waals surface area contributed by atoms with Crippen molar-refractivity contribution in [1.29, 1.82) is 0 Å². The van der Waals surface area contributed by atoms with Crippen molar-refractivity contribution in [2.45, 2.75) is 64.5 Å². The summed E-state index contributed by atoms with van der Waals surface area (Å²) in [6.45, 7) is 4.82. The molecule has 92 valence electrons. The molecule has 1 nitrogen and oxygen atoms in total. The molecule has 6 atom stereocenters. The molecule has 1 saturated heterocycles. The highest BCUT2D eigenvalue weighted by molar-refractivity contribution is 5.07. The van der Waals surface area contributed by atoms with Crippen molar-refractivity contribution in [1.82, 2.24) is 4.90 Å². The molecule has 3 aliphatic rings. The lowest BCUT2D eigenvalue weighted by Gasteiger charge is -2.50. The SMILES string of the molecule is CCC1C2C3CCCC2C(CC)N(C)C1C3. The molecule has 2 saturated carbocycles. The van der Waals surface area contributed by atoms with Gasteiger partial charge in [0.25, 0.3) is 0 Å². The van der Waals surface area contributed by atoms with Gasteiger partial charge in [-0.1, -0.05) is 33.1 Å². The molecular weight excluding hydrogens is 194 g/mol. The molecule has 1 heteroatoms. The molecule has 0 amide bonds. The van der Waals surface area contributed by atoms with Gasteiger partial charge in [-0.2, -0.15) is 0 Å². The molecule has 0 aromatic heterocycles. The topological polar surface area (TPSA) is 3.24 Å². The molecule has 2 bridgehead atoms. The largest absolute Gasteiger partial charge is 0.300 e. The van der Waals surface area contributed by atoms with Crippen molar-refractivity contribution in [3.63, 3.8) is 0 Å². The molecule has 0 spiro atoms. The Balaban J connectivity index is 1.94. The number of hydrogen-bond acceptors (Lipinski definition) is 1. The Bertz CT molecular complexity index is 260. The zero-order valence-electron chi connectivity index (χ0n) is 11.2. The first-order valence-electron chi connectivity index (χ1n) is 7.49. The summed E-state index contributed by atoms with van der Waals surface area (Å²) >= 11 is 0. The minimum Gasteiger partial charge on any atom is -0.300 e. The zero-order valence-corrected chi connectivity index (χ0v) is 11.2. The van der Waals surface area contributed by atoms with Crippen LogP contribution in [0.3, 0.4) is 0 Å². The van der Waals surface area contributed by atoms with E-state index >= 15 is 0 Å². The molecular formula is C15H27N. The quantitative estimate of drug-likeness (QED) is 0.689. The van der Waals surface area contributed by atoms with Gasteiger partial charge in [-0.3, -0.25) is 4.90 Å². The van der Waals surface area contributed by atoms with Gasteiger partial charge in [0.05, 0.1) is 0 Å². The van der Waals surface area contributed by atoms with Crippen LogP contribution in [-0.4, -0.2) is 24.0 Å². The Labute approximate surface area is 101 Å². The fraction of sp³-hybridized carbons (Fsp3) is 1.00. The highest BCUT2D eigenvalue weighted by Crippen LogP contribution is 2.56. The van der Waals surface area contributed by atoms with Crippen LogP contribution < -0.4 is 0 Å². The summed E-state index contributed by atoms with van der Waals surface area (Å²) in [5, 5.41) is 0. The molecule has 16 heavy (non-hydrogen) atoms. The van der Waals surface area contributed by atoms with E-state index in [0.717, 1.165) is 35.8 Å². The predicted octanol–water partition coefficient (Wildman–Crippen LogP) is 3.54. The van der Waals surface area contributed by atoms with Gasteiger partial charge in [-0.05, 0) is 50.0 Å². The minimum atomic E-state index is 0.906. The zero-order chi connectivity index (χ0) is 11.3. The van der Waals surface area contributed by atoms with E-state index in [-0.39, 0.29) is 0 Å². The van der Waals surface area contributed by atoms with Crippen molar-refractivity contribution in [2.24, 2.45) is 23.7 Å². The first-order valence-corrected chi connectivity index (χ1v) is 7.49. The molecule has 1 heterocycles. The van der Waals surface area contributed by atoms with E-state index in [0.29, 0.717) is 0 Å². The molecule has 6 unspecified atom stereocenters. The van der Waals surface area contributed by atoms with E-state index in [1.54, 1.807) is 6.42 Å². The lowest BCUT2D eigenvalue weighted by atomic mass is 9.65. The summed E-state index contributed by atoms with van der Waals surface area (Å²) in [6.07, 6.45) is 8.89. The number of fused-ring (bicyclic) bond motifs is 1. The second kappa shape index (κ2) is 4.01. The van der Waals surface area contributed by atoms with Gasteiger partial charge in [0.15, 0.2) is 0 Å². The summed E-state index contributed by atoms with van der Waals surface area (Å²) in [7, 11) is 2.42. The molecule has 0 aromatic carbocycles. The summed E-state index contributed by atoms with van der Waals surface area (Å²) in [5.74, 6) is 4.26. The second-order valence-electron chi connectivity index (χ2n) is 6.45. The third-order valence-electron chi connectivity index (χ3n) is 6.11. The van der Waals surface area contributed by atoms with Gasteiger partial charge >= 0.3 is 0 Å². The van der Waals surface area contributed by atoms with Crippen molar-refractivity contribution in [2.75, 3.05) is 7.05 Å². The Morgan fingerprint density at radius 2 is 1.94 bits per heavy atom. The molecule has 2 aliphatic carbocycles.